The summed E-state index contributed by atoms with van der Waals surface area (Å²) in [5.41, 5.74) is 1.25. The van der Waals surface area contributed by atoms with E-state index in [-0.39, 0.29) is 23.9 Å². The predicted molar refractivity (Wildman–Crippen MR) is 83.1 cm³/mol. The maximum Gasteiger partial charge on any atom is 0.245 e. The predicted octanol–water partition coefficient (Wildman–Crippen LogP) is 2.20. The van der Waals surface area contributed by atoms with Crippen LogP contribution in [0.5, 0.6) is 0 Å². The SMILES string of the molecule is CCCC1NC(=O)C(C2CC2)N(CCc2ccsc2)C1=O. The van der Waals surface area contributed by atoms with Crippen molar-refractivity contribution in [2.45, 2.75) is 51.1 Å². The van der Waals surface area contributed by atoms with Gasteiger partial charge >= 0.3 is 0 Å². The Morgan fingerprint density at radius 1 is 1.38 bits per heavy atom. The van der Waals surface area contributed by atoms with Crippen molar-refractivity contribution in [2.24, 2.45) is 5.92 Å². The second-order valence-electron chi connectivity index (χ2n) is 6.05. The average Bonchev–Trinajstić information content (AvgIpc) is 3.16. The minimum absolute atomic E-state index is 0.0564. The van der Waals surface area contributed by atoms with Crippen LogP contribution in [0.2, 0.25) is 0 Å². The lowest BCUT2D eigenvalue weighted by Gasteiger charge is -2.39. The molecule has 4 nitrogen and oxygen atoms in total. The first-order valence-electron chi connectivity index (χ1n) is 7.82. The summed E-state index contributed by atoms with van der Waals surface area (Å²) in [6.07, 6.45) is 4.61. The number of nitrogens with one attached hydrogen (secondary N) is 1. The van der Waals surface area contributed by atoms with E-state index in [1.54, 1.807) is 11.3 Å². The smallest absolute Gasteiger partial charge is 0.245 e. The molecule has 1 aliphatic carbocycles. The minimum Gasteiger partial charge on any atom is -0.342 e. The van der Waals surface area contributed by atoms with Crippen molar-refractivity contribution in [3.63, 3.8) is 0 Å². The van der Waals surface area contributed by atoms with Crippen molar-refractivity contribution < 1.29 is 9.59 Å². The first-order valence-corrected chi connectivity index (χ1v) is 8.77. The normalized spacial score (nSPS) is 26.0. The van der Waals surface area contributed by atoms with Crippen LogP contribution in [-0.4, -0.2) is 35.3 Å². The van der Waals surface area contributed by atoms with Gasteiger partial charge in [0.15, 0.2) is 0 Å². The van der Waals surface area contributed by atoms with Gasteiger partial charge in [0, 0.05) is 6.54 Å². The van der Waals surface area contributed by atoms with E-state index in [0.29, 0.717) is 12.5 Å². The van der Waals surface area contributed by atoms with E-state index in [0.717, 1.165) is 32.1 Å². The summed E-state index contributed by atoms with van der Waals surface area (Å²) in [6.45, 7) is 2.70. The van der Waals surface area contributed by atoms with Crippen LogP contribution in [0.4, 0.5) is 0 Å². The molecule has 1 aliphatic heterocycles. The summed E-state index contributed by atoms with van der Waals surface area (Å²) in [5, 5.41) is 7.10. The van der Waals surface area contributed by atoms with Crippen molar-refractivity contribution in [2.75, 3.05) is 6.54 Å². The summed E-state index contributed by atoms with van der Waals surface area (Å²) in [4.78, 5) is 26.9. The number of hydrogen-bond donors (Lipinski definition) is 1. The first-order chi connectivity index (χ1) is 10.2. The molecule has 1 saturated carbocycles. The summed E-state index contributed by atoms with van der Waals surface area (Å²) in [7, 11) is 0. The van der Waals surface area contributed by atoms with E-state index >= 15 is 0 Å². The minimum atomic E-state index is -0.319. The van der Waals surface area contributed by atoms with Crippen LogP contribution >= 0.6 is 11.3 Å². The highest BCUT2D eigenvalue weighted by Gasteiger charge is 2.47. The number of thiophene rings is 1. The molecule has 3 rings (SSSR count). The molecular formula is C16H22N2O2S. The molecule has 0 bridgehead atoms. The molecule has 2 fully saturated rings. The molecule has 0 aromatic carbocycles. The Morgan fingerprint density at radius 2 is 2.19 bits per heavy atom. The summed E-state index contributed by atoms with van der Waals surface area (Å²) < 4.78 is 0. The highest BCUT2D eigenvalue weighted by atomic mass is 32.1. The Hall–Kier alpha value is -1.36. The zero-order valence-electron chi connectivity index (χ0n) is 12.4. The molecule has 0 spiro atoms. The lowest BCUT2D eigenvalue weighted by atomic mass is 10.00. The Bertz CT molecular complexity index is 510. The first kappa shape index (κ1) is 14.6. The molecule has 2 amide bonds. The summed E-state index contributed by atoms with van der Waals surface area (Å²) in [6, 6.07) is 1.54. The fourth-order valence-electron chi connectivity index (χ4n) is 3.10. The molecular weight excluding hydrogens is 284 g/mol. The van der Waals surface area contributed by atoms with Gasteiger partial charge in [0.1, 0.15) is 12.1 Å². The molecule has 5 heteroatoms. The summed E-state index contributed by atoms with van der Waals surface area (Å²) >= 11 is 1.67. The lowest BCUT2D eigenvalue weighted by Crippen LogP contribution is -2.64. The van der Waals surface area contributed by atoms with Crippen molar-refractivity contribution >= 4 is 23.2 Å². The van der Waals surface area contributed by atoms with Crippen LogP contribution in [0.15, 0.2) is 16.8 Å². The van der Waals surface area contributed by atoms with Crippen LogP contribution in [0.1, 0.15) is 38.2 Å². The van der Waals surface area contributed by atoms with Crippen LogP contribution < -0.4 is 5.32 Å². The molecule has 1 saturated heterocycles. The Morgan fingerprint density at radius 3 is 2.81 bits per heavy atom. The molecule has 2 unspecified atom stereocenters. The molecule has 0 radical (unpaired) electrons. The summed E-state index contributed by atoms with van der Waals surface area (Å²) in [5.74, 6) is 0.545. The van der Waals surface area contributed by atoms with Crippen LogP contribution in [-0.2, 0) is 16.0 Å². The molecule has 2 heterocycles. The van der Waals surface area contributed by atoms with E-state index in [9.17, 15) is 9.59 Å². The standard InChI is InChI=1S/C16H22N2O2S/c1-2-3-13-16(20)18(8-6-11-7-9-21-10-11)14(12-4-5-12)15(19)17-13/h7,9-10,12-14H,2-6,8H2,1H3,(H,17,19). The number of nitrogens with zero attached hydrogens (tertiary/aromatic N) is 1. The van der Waals surface area contributed by atoms with E-state index in [4.69, 9.17) is 0 Å². The van der Waals surface area contributed by atoms with Crippen LogP contribution in [0, 0.1) is 5.92 Å². The van der Waals surface area contributed by atoms with Gasteiger partial charge in [-0.2, -0.15) is 11.3 Å². The molecule has 1 aromatic heterocycles. The Labute approximate surface area is 129 Å². The van der Waals surface area contributed by atoms with E-state index in [1.165, 1.54) is 5.56 Å². The third kappa shape index (κ3) is 3.12. The molecule has 1 aromatic rings. The third-order valence-corrected chi connectivity index (χ3v) is 5.10. The van der Waals surface area contributed by atoms with E-state index in [1.807, 2.05) is 11.8 Å². The van der Waals surface area contributed by atoms with Crippen LogP contribution in [0.3, 0.4) is 0 Å². The van der Waals surface area contributed by atoms with Gasteiger partial charge < -0.3 is 10.2 Å². The maximum absolute atomic E-state index is 12.7. The molecule has 21 heavy (non-hydrogen) atoms. The number of amides is 2. The maximum atomic E-state index is 12.7. The number of rotatable bonds is 6. The number of carbonyl (C=O) groups is 2. The molecule has 114 valence electrons. The largest absolute Gasteiger partial charge is 0.342 e. The van der Waals surface area contributed by atoms with Gasteiger partial charge in [-0.25, -0.2) is 0 Å². The molecule has 1 N–H and O–H groups in total. The highest BCUT2D eigenvalue weighted by molar-refractivity contribution is 7.07. The Kier molecular flexibility index (Phi) is 4.29. The average molecular weight is 306 g/mol. The molecule has 2 atom stereocenters. The van der Waals surface area contributed by atoms with Gasteiger partial charge in [-0.1, -0.05) is 13.3 Å². The number of piperazine rings is 1. The van der Waals surface area contributed by atoms with Crippen molar-refractivity contribution in [3.05, 3.63) is 22.4 Å². The second kappa shape index (κ2) is 6.18. The van der Waals surface area contributed by atoms with E-state index in [2.05, 4.69) is 22.1 Å². The van der Waals surface area contributed by atoms with Gasteiger partial charge in [0.05, 0.1) is 0 Å². The van der Waals surface area contributed by atoms with Crippen molar-refractivity contribution in [1.82, 2.24) is 10.2 Å². The molecule has 2 aliphatic rings. The topological polar surface area (TPSA) is 49.4 Å². The van der Waals surface area contributed by atoms with Crippen molar-refractivity contribution in [3.8, 4) is 0 Å². The van der Waals surface area contributed by atoms with Crippen molar-refractivity contribution in [1.29, 1.82) is 0 Å². The van der Waals surface area contributed by atoms with Crippen LogP contribution in [0.25, 0.3) is 0 Å². The zero-order valence-corrected chi connectivity index (χ0v) is 13.2. The van der Waals surface area contributed by atoms with Gasteiger partial charge in [-0.3, -0.25) is 9.59 Å². The Balaban J connectivity index is 1.73. The number of carbonyl (C=O) groups excluding carboxylic acids is 2. The zero-order chi connectivity index (χ0) is 14.8. The quantitative estimate of drug-likeness (QED) is 0.876. The van der Waals surface area contributed by atoms with Gasteiger partial charge in [-0.15, -0.1) is 0 Å². The third-order valence-electron chi connectivity index (χ3n) is 4.37. The highest BCUT2D eigenvalue weighted by Crippen LogP contribution is 2.37. The van der Waals surface area contributed by atoms with Gasteiger partial charge in [0.25, 0.3) is 0 Å². The second-order valence-corrected chi connectivity index (χ2v) is 6.83. The fourth-order valence-corrected chi connectivity index (χ4v) is 3.80. The lowest BCUT2D eigenvalue weighted by molar-refractivity contribution is -0.150. The number of hydrogen-bond acceptors (Lipinski definition) is 3. The van der Waals surface area contributed by atoms with E-state index < -0.39 is 0 Å². The fraction of sp³-hybridized carbons (Fsp3) is 0.625. The monoisotopic (exact) mass is 306 g/mol. The van der Waals surface area contributed by atoms with Gasteiger partial charge in [-0.05, 0) is 54.0 Å². The van der Waals surface area contributed by atoms with Gasteiger partial charge in [0.2, 0.25) is 11.8 Å².